The van der Waals surface area contributed by atoms with Gasteiger partial charge in [-0.3, -0.25) is 4.79 Å². The number of rotatable bonds is 4. The van der Waals surface area contributed by atoms with E-state index in [2.05, 4.69) is 20.7 Å². The van der Waals surface area contributed by atoms with Crippen LogP contribution < -0.4 is 5.32 Å². The minimum absolute atomic E-state index is 0.0738. The van der Waals surface area contributed by atoms with Crippen LogP contribution in [0.5, 0.6) is 0 Å². The van der Waals surface area contributed by atoms with Gasteiger partial charge in [0.1, 0.15) is 12.4 Å². The molecule has 0 saturated carbocycles. The highest BCUT2D eigenvalue weighted by Gasteiger charge is 2.11. The number of nitrogens with zero attached hydrogens (tertiary/aromatic N) is 4. The fraction of sp³-hybridized carbons (Fsp3) is 0.176. The van der Waals surface area contributed by atoms with Crippen LogP contribution in [0, 0.1) is 19.7 Å². The summed E-state index contributed by atoms with van der Waals surface area (Å²) in [6.07, 6.45) is 0. The van der Waals surface area contributed by atoms with Crippen LogP contribution in [0.25, 0.3) is 11.4 Å². The van der Waals surface area contributed by atoms with Crippen LogP contribution in [-0.4, -0.2) is 26.1 Å². The van der Waals surface area contributed by atoms with E-state index < -0.39 is 0 Å². The average molecular weight is 325 g/mol. The van der Waals surface area contributed by atoms with Gasteiger partial charge in [0, 0.05) is 11.3 Å². The fourth-order valence-corrected chi connectivity index (χ4v) is 2.33. The Balaban J connectivity index is 1.69. The van der Waals surface area contributed by atoms with Crippen molar-refractivity contribution in [3.8, 4) is 11.4 Å². The number of benzene rings is 2. The van der Waals surface area contributed by atoms with E-state index in [-0.39, 0.29) is 24.1 Å². The maximum atomic E-state index is 13.2. The van der Waals surface area contributed by atoms with Gasteiger partial charge in [-0.1, -0.05) is 29.8 Å². The number of nitrogens with one attached hydrogen (secondary N) is 1. The smallest absolute Gasteiger partial charge is 0.248 e. The normalized spacial score (nSPS) is 10.6. The standard InChI is InChI=1S/C17H16FN5O/c1-11-6-7-15(12(2)8-11)19-16(24)10-23-21-17(20-22-23)13-4-3-5-14(18)9-13/h3-9H,10H2,1-2H3,(H,19,24). The molecular weight excluding hydrogens is 309 g/mol. The van der Waals surface area contributed by atoms with Crippen LogP contribution in [0.3, 0.4) is 0 Å². The molecule has 0 atom stereocenters. The molecule has 24 heavy (non-hydrogen) atoms. The van der Waals surface area contributed by atoms with Crippen molar-refractivity contribution >= 4 is 11.6 Å². The molecule has 1 N–H and O–H groups in total. The van der Waals surface area contributed by atoms with E-state index in [1.807, 2.05) is 32.0 Å². The molecule has 7 heteroatoms. The Kier molecular flexibility index (Phi) is 4.33. The molecular formula is C17H16FN5O. The van der Waals surface area contributed by atoms with Gasteiger partial charge in [0.05, 0.1) is 0 Å². The summed E-state index contributed by atoms with van der Waals surface area (Å²) in [5.74, 6) is -0.365. The van der Waals surface area contributed by atoms with Gasteiger partial charge in [-0.05, 0) is 42.8 Å². The summed E-state index contributed by atoms with van der Waals surface area (Å²) >= 11 is 0. The molecule has 0 unspecified atom stereocenters. The summed E-state index contributed by atoms with van der Waals surface area (Å²) in [6, 6.07) is 11.7. The molecule has 1 aromatic heterocycles. The number of carbonyl (C=O) groups excluding carboxylic acids is 1. The molecule has 0 aliphatic carbocycles. The molecule has 0 saturated heterocycles. The molecule has 6 nitrogen and oxygen atoms in total. The van der Waals surface area contributed by atoms with E-state index in [0.29, 0.717) is 5.56 Å². The molecule has 2 aromatic carbocycles. The van der Waals surface area contributed by atoms with Crippen molar-refractivity contribution in [3.63, 3.8) is 0 Å². The van der Waals surface area contributed by atoms with Crippen LogP contribution in [0.2, 0.25) is 0 Å². The third-order valence-electron chi connectivity index (χ3n) is 3.48. The van der Waals surface area contributed by atoms with Gasteiger partial charge in [-0.25, -0.2) is 4.39 Å². The molecule has 0 aliphatic rings. The van der Waals surface area contributed by atoms with Gasteiger partial charge in [-0.2, -0.15) is 4.80 Å². The third kappa shape index (κ3) is 3.62. The number of aromatic nitrogens is 4. The number of aryl methyl sites for hydroxylation is 2. The van der Waals surface area contributed by atoms with Gasteiger partial charge in [0.25, 0.3) is 0 Å². The zero-order chi connectivity index (χ0) is 17.1. The van der Waals surface area contributed by atoms with E-state index in [4.69, 9.17) is 0 Å². The largest absolute Gasteiger partial charge is 0.324 e. The van der Waals surface area contributed by atoms with Crippen molar-refractivity contribution in [3.05, 3.63) is 59.4 Å². The highest BCUT2D eigenvalue weighted by atomic mass is 19.1. The monoisotopic (exact) mass is 325 g/mol. The number of hydrogen-bond acceptors (Lipinski definition) is 4. The Morgan fingerprint density at radius 1 is 1.21 bits per heavy atom. The van der Waals surface area contributed by atoms with Crippen LogP contribution >= 0.6 is 0 Å². The molecule has 3 aromatic rings. The number of hydrogen-bond donors (Lipinski definition) is 1. The topological polar surface area (TPSA) is 72.7 Å². The van der Waals surface area contributed by atoms with Gasteiger partial charge in [-0.15, -0.1) is 10.2 Å². The summed E-state index contributed by atoms with van der Waals surface area (Å²) in [4.78, 5) is 13.3. The van der Waals surface area contributed by atoms with Crippen molar-refractivity contribution < 1.29 is 9.18 Å². The van der Waals surface area contributed by atoms with Crippen molar-refractivity contribution in [2.75, 3.05) is 5.32 Å². The van der Waals surface area contributed by atoms with Gasteiger partial charge >= 0.3 is 0 Å². The minimum atomic E-state index is -0.378. The predicted molar refractivity (Wildman–Crippen MR) is 87.8 cm³/mol. The van der Waals surface area contributed by atoms with Gasteiger partial charge in [0.15, 0.2) is 0 Å². The van der Waals surface area contributed by atoms with Crippen LogP contribution in [0.1, 0.15) is 11.1 Å². The Hall–Kier alpha value is -3.09. The summed E-state index contributed by atoms with van der Waals surface area (Å²) < 4.78 is 13.2. The van der Waals surface area contributed by atoms with E-state index in [1.165, 1.54) is 16.9 Å². The zero-order valence-corrected chi connectivity index (χ0v) is 13.3. The van der Waals surface area contributed by atoms with Gasteiger partial charge < -0.3 is 5.32 Å². The molecule has 0 spiro atoms. The molecule has 0 bridgehead atoms. The number of anilines is 1. The SMILES string of the molecule is Cc1ccc(NC(=O)Cn2nnc(-c3cccc(F)c3)n2)c(C)c1. The highest BCUT2D eigenvalue weighted by molar-refractivity contribution is 5.91. The lowest BCUT2D eigenvalue weighted by atomic mass is 10.1. The van der Waals surface area contributed by atoms with Crippen molar-refractivity contribution in [1.82, 2.24) is 20.2 Å². The maximum Gasteiger partial charge on any atom is 0.248 e. The first kappa shape index (κ1) is 15.8. The summed E-state index contributed by atoms with van der Waals surface area (Å²) in [6.45, 7) is 3.85. The summed E-state index contributed by atoms with van der Waals surface area (Å²) in [7, 11) is 0. The molecule has 0 fully saturated rings. The second-order valence-electron chi connectivity index (χ2n) is 5.52. The molecule has 122 valence electrons. The molecule has 1 amide bonds. The number of tetrazole rings is 1. The van der Waals surface area contributed by atoms with Crippen molar-refractivity contribution in [2.24, 2.45) is 0 Å². The first-order valence-electron chi connectivity index (χ1n) is 7.42. The van der Waals surface area contributed by atoms with Crippen molar-refractivity contribution in [2.45, 2.75) is 20.4 Å². The molecule has 0 radical (unpaired) electrons. The summed E-state index contributed by atoms with van der Waals surface area (Å²) in [5, 5.41) is 14.6. The quantitative estimate of drug-likeness (QED) is 0.800. The van der Waals surface area contributed by atoms with Crippen LogP contribution in [0.4, 0.5) is 10.1 Å². The number of halogens is 1. The Morgan fingerprint density at radius 3 is 2.79 bits per heavy atom. The van der Waals surface area contributed by atoms with Crippen LogP contribution in [-0.2, 0) is 11.3 Å². The van der Waals surface area contributed by atoms with E-state index >= 15 is 0 Å². The lowest BCUT2D eigenvalue weighted by Gasteiger charge is -2.08. The fourth-order valence-electron chi connectivity index (χ4n) is 2.33. The van der Waals surface area contributed by atoms with E-state index in [9.17, 15) is 9.18 Å². The van der Waals surface area contributed by atoms with E-state index in [0.717, 1.165) is 16.8 Å². The maximum absolute atomic E-state index is 13.2. The molecule has 3 rings (SSSR count). The first-order chi connectivity index (χ1) is 11.5. The highest BCUT2D eigenvalue weighted by Crippen LogP contribution is 2.16. The number of carbonyl (C=O) groups is 1. The minimum Gasteiger partial charge on any atom is -0.324 e. The van der Waals surface area contributed by atoms with Gasteiger partial charge in [0.2, 0.25) is 11.7 Å². The Bertz CT molecular complexity index is 890. The average Bonchev–Trinajstić information content (AvgIpc) is 2.98. The predicted octanol–water partition coefficient (Wildman–Crippen LogP) is 2.73. The van der Waals surface area contributed by atoms with E-state index in [1.54, 1.807) is 12.1 Å². The lowest BCUT2D eigenvalue weighted by molar-refractivity contribution is -0.117. The summed E-state index contributed by atoms with van der Waals surface area (Å²) in [5.41, 5.74) is 3.37. The first-order valence-corrected chi connectivity index (χ1v) is 7.42. The van der Waals surface area contributed by atoms with Crippen molar-refractivity contribution in [1.29, 1.82) is 0 Å². The lowest BCUT2D eigenvalue weighted by Crippen LogP contribution is -2.21. The number of amides is 1. The Labute approximate surface area is 138 Å². The third-order valence-corrected chi connectivity index (χ3v) is 3.48. The molecule has 0 aliphatic heterocycles. The Morgan fingerprint density at radius 2 is 2.04 bits per heavy atom. The van der Waals surface area contributed by atoms with Crippen LogP contribution in [0.15, 0.2) is 42.5 Å². The second-order valence-corrected chi connectivity index (χ2v) is 5.52. The second kappa shape index (κ2) is 6.57. The molecule has 1 heterocycles. The zero-order valence-electron chi connectivity index (χ0n) is 13.3.